The molecule has 17 heteroatoms. The summed E-state index contributed by atoms with van der Waals surface area (Å²) in [5.74, 6) is -7.53. The second-order valence-electron chi connectivity index (χ2n) is 13.6. The molecule has 1 saturated heterocycles. The highest BCUT2D eigenvalue weighted by molar-refractivity contribution is 5.99. The molecule has 1 aromatic heterocycles. The Morgan fingerprint density at radius 1 is 0.722 bits per heavy atom. The number of fused-ring (bicyclic) bond motifs is 1. The lowest BCUT2D eigenvalue weighted by molar-refractivity contribution is -0.141. The van der Waals surface area contributed by atoms with Crippen LogP contribution in [0.5, 0.6) is 0 Å². The van der Waals surface area contributed by atoms with Crippen molar-refractivity contribution in [3.63, 3.8) is 0 Å². The number of hydrogen-bond donors (Lipinski definition) is 9. The van der Waals surface area contributed by atoms with E-state index >= 15 is 0 Å². The summed E-state index contributed by atoms with van der Waals surface area (Å²) < 4.78 is 0. The zero-order valence-corrected chi connectivity index (χ0v) is 30.0. The molecule has 5 atom stereocenters. The van der Waals surface area contributed by atoms with Crippen molar-refractivity contribution in [3.05, 3.63) is 71.9 Å². The van der Waals surface area contributed by atoms with Gasteiger partial charge < -0.3 is 47.7 Å². The number of amides is 7. The number of carboxylic acids is 1. The van der Waals surface area contributed by atoms with Crippen LogP contribution in [-0.2, 0) is 51.2 Å². The van der Waals surface area contributed by atoms with Crippen molar-refractivity contribution in [3.8, 4) is 0 Å². The first-order valence-electron chi connectivity index (χ1n) is 17.6. The molecule has 0 bridgehead atoms. The molecule has 10 N–H and O–H groups in total. The highest BCUT2D eigenvalue weighted by Crippen LogP contribution is 2.20. The quantitative estimate of drug-likeness (QED) is 0.120. The van der Waals surface area contributed by atoms with Crippen LogP contribution in [0.25, 0.3) is 10.9 Å². The van der Waals surface area contributed by atoms with Gasteiger partial charge in [0.25, 0.3) is 0 Å². The van der Waals surface area contributed by atoms with Gasteiger partial charge in [0.05, 0.1) is 13.0 Å². The fourth-order valence-corrected chi connectivity index (χ4v) is 6.06. The number of H-pyrrole nitrogens is 1. The molecule has 2 heterocycles. The number of aromatic nitrogens is 1. The summed E-state index contributed by atoms with van der Waals surface area (Å²) in [5, 5.41) is 25.5. The molecule has 1 aliphatic rings. The van der Waals surface area contributed by atoms with E-state index in [4.69, 9.17) is 5.73 Å². The Bertz CT molecular complexity index is 1860. The molecule has 2 aromatic carbocycles. The first-order chi connectivity index (χ1) is 25.7. The molecule has 3 aromatic rings. The minimum absolute atomic E-state index is 0.00836. The SMILES string of the molecule is CC(C)C[C@@H]1NC(=O)CNC(=O)[C@H](Cc2ccccc2)NC(=O)[C@H](Cc2c[nH]c3ccccc23)NC(=O)[C@H](CCC(N)=O)NC(=O)[C@H](CC(=O)O)NC1=O. The van der Waals surface area contributed by atoms with Gasteiger partial charge >= 0.3 is 5.97 Å². The van der Waals surface area contributed by atoms with Crippen LogP contribution in [0.2, 0.25) is 0 Å². The van der Waals surface area contributed by atoms with Crippen LogP contribution in [0.3, 0.4) is 0 Å². The van der Waals surface area contributed by atoms with Crippen LogP contribution in [-0.4, -0.2) is 94.2 Å². The maximum Gasteiger partial charge on any atom is 0.305 e. The summed E-state index contributed by atoms with van der Waals surface area (Å²) in [5.41, 5.74) is 7.43. The Balaban J connectivity index is 1.76. The summed E-state index contributed by atoms with van der Waals surface area (Å²) in [7, 11) is 0. The van der Waals surface area contributed by atoms with Gasteiger partial charge in [-0.2, -0.15) is 0 Å². The Morgan fingerprint density at radius 3 is 1.96 bits per heavy atom. The van der Waals surface area contributed by atoms with Crippen molar-refractivity contribution in [2.75, 3.05) is 6.54 Å². The summed E-state index contributed by atoms with van der Waals surface area (Å²) in [6.45, 7) is 2.97. The van der Waals surface area contributed by atoms with Crippen LogP contribution < -0.4 is 37.6 Å². The van der Waals surface area contributed by atoms with E-state index in [9.17, 15) is 43.5 Å². The molecule has 1 aliphatic heterocycles. The van der Waals surface area contributed by atoms with Crippen molar-refractivity contribution in [2.45, 2.75) is 82.6 Å². The van der Waals surface area contributed by atoms with Gasteiger partial charge in [0.15, 0.2) is 0 Å². The minimum Gasteiger partial charge on any atom is -0.481 e. The van der Waals surface area contributed by atoms with E-state index < -0.39 is 90.5 Å². The molecular formula is C37H46N8O9. The van der Waals surface area contributed by atoms with Gasteiger partial charge in [0, 0.05) is 36.4 Å². The van der Waals surface area contributed by atoms with E-state index in [1.165, 1.54) is 0 Å². The van der Waals surface area contributed by atoms with E-state index in [0.29, 0.717) is 11.1 Å². The lowest BCUT2D eigenvalue weighted by Gasteiger charge is -2.28. The second-order valence-corrected chi connectivity index (χ2v) is 13.6. The van der Waals surface area contributed by atoms with Gasteiger partial charge in [0.2, 0.25) is 41.4 Å². The number of hydrogen-bond acceptors (Lipinski definition) is 8. The van der Waals surface area contributed by atoms with Gasteiger partial charge in [-0.15, -0.1) is 0 Å². The summed E-state index contributed by atoms with van der Waals surface area (Å²) >= 11 is 0. The van der Waals surface area contributed by atoms with E-state index in [2.05, 4.69) is 36.9 Å². The van der Waals surface area contributed by atoms with E-state index in [1.54, 1.807) is 56.4 Å². The van der Waals surface area contributed by atoms with Gasteiger partial charge in [-0.25, -0.2) is 0 Å². The average molecular weight is 747 g/mol. The first-order valence-corrected chi connectivity index (χ1v) is 17.6. The van der Waals surface area contributed by atoms with Crippen LogP contribution in [0.1, 0.15) is 50.7 Å². The van der Waals surface area contributed by atoms with E-state index in [-0.39, 0.29) is 38.0 Å². The number of aromatic amines is 1. The Labute approximate surface area is 310 Å². The zero-order valence-electron chi connectivity index (χ0n) is 30.0. The smallest absolute Gasteiger partial charge is 0.305 e. The molecule has 54 heavy (non-hydrogen) atoms. The Hall–Kier alpha value is -6.26. The highest BCUT2D eigenvalue weighted by atomic mass is 16.4. The van der Waals surface area contributed by atoms with Crippen LogP contribution in [0, 0.1) is 5.92 Å². The minimum atomic E-state index is -1.71. The van der Waals surface area contributed by atoms with Crippen LogP contribution >= 0.6 is 0 Å². The lowest BCUT2D eigenvalue weighted by Crippen LogP contribution is -2.61. The summed E-state index contributed by atoms with van der Waals surface area (Å²) in [6.07, 6.45) is 0.0577. The third kappa shape index (κ3) is 11.9. The van der Waals surface area contributed by atoms with Crippen LogP contribution in [0.4, 0.5) is 0 Å². The number of nitrogens with two attached hydrogens (primary N) is 1. The van der Waals surface area contributed by atoms with Crippen LogP contribution in [0.15, 0.2) is 60.8 Å². The highest BCUT2D eigenvalue weighted by Gasteiger charge is 2.34. The normalized spacial score (nSPS) is 22.2. The molecule has 288 valence electrons. The molecule has 0 unspecified atom stereocenters. The monoisotopic (exact) mass is 746 g/mol. The molecule has 0 spiro atoms. The van der Waals surface area contributed by atoms with E-state index in [0.717, 1.165) is 10.9 Å². The molecule has 4 rings (SSSR count). The standard InChI is InChI=1S/C37H46N8O9/c1-20(2)14-26-35(52)45-29(17-32(48)49)37(54)42-25(12-13-30(38)46)34(51)44-28(16-22-18-39-24-11-7-6-10-23(22)24)36(53)43-27(15-21-8-4-3-5-9-21)33(50)40-19-31(47)41-26/h3-11,18,20,25-29,39H,12-17,19H2,1-2H3,(H2,38,46)(H,40,50)(H,41,47)(H,42,54)(H,43,53)(H,44,51)(H,45,52)(H,48,49)/t25-,26-,27-,28-,29-/m0/s1. The predicted molar refractivity (Wildman–Crippen MR) is 195 cm³/mol. The Kier molecular flexibility index (Phi) is 14.3. The second kappa shape index (κ2) is 19.0. The zero-order chi connectivity index (χ0) is 39.4. The van der Waals surface area contributed by atoms with Gasteiger partial charge in [-0.1, -0.05) is 62.4 Å². The van der Waals surface area contributed by atoms with Crippen molar-refractivity contribution in [1.29, 1.82) is 0 Å². The Morgan fingerprint density at radius 2 is 1.30 bits per heavy atom. The number of carboxylic acid groups (broad SMARTS) is 1. The number of carbonyl (C=O) groups excluding carboxylic acids is 7. The molecule has 0 saturated carbocycles. The molecule has 7 amide bonds. The molecule has 1 fully saturated rings. The maximum absolute atomic E-state index is 14.1. The predicted octanol–water partition coefficient (Wildman–Crippen LogP) is -0.707. The van der Waals surface area contributed by atoms with Crippen molar-refractivity contribution in [2.24, 2.45) is 11.7 Å². The number of benzene rings is 2. The maximum atomic E-state index is 14.1. The first kappa shape index (κ1) is 40.5. The van der Waals surface area contributed by atoms with Crippen molar-refractivity contribution < 1.29 is 43.5 Å². The largest absolute Gasteiger partial charge is 0.481 e. The number of primary amides is 1. The third-order valence-electron chi connectivity index (χ3n) is 8.75. The number of nitrogens with one attached hydrogen (secondary N) is 7. The molecule has 17 nitrogen and oxygen atoms in total. The topological polar surface area (TPSA) is 271 Å². The van der Waals surface area contributed by atoms with Gasteiger partial charge in [-0.3, -0.25) is 38.4 Å². The summed E-state index contributed by atoms with van der Waals surface area (Å²) in [6, 6.07) is 8.98. The molecular weight excluding hydrogens is 700 g/mol. The number of rotatable bonds is 11. The van der Waals surface area contributed by atoms with Crippen molar-refractivity contribution in [1.82, 2.24) is 36.9 Å². The molecule has 0 radical (unpaired) electrons. The van der Waals surface area contributed by atoms with Gasteiger partial charge in [-0.05, 0) is 36.0 Å². The summed E-state index contributed by atoms with van der Waals surface area (Å²) in [4.78, 5) is 109. The van der Waals surface area contributed by atoms with E-state index in [1.807, 2.05) is 18.2 Å². The number of carbonyl (C=O) groups is 8. The average Bonchev–Trinajstić information content (AvgIpc) is 3.53. The fraction of sp³-hybridized carbons (Fsp3) is 0.405. The fourth-order valence-electron chi connectivity index (χ4n) is 6.06. The number of aliphatic carboxylic acids is 1. The molecule has 0 aliphatic carbocycles. The lowest BCUT2D eigenvalue weighted by atomic mass is 10.0. The third-order valence-corrected chi connectivity index (χ3v) is 8.75. The van der Waals surface area contributed by atoms with Crippen molar-refractivity contribution >= 4 is 58.2 Å². The number of para-hydroxylation sites is 1. The van der Waals surface area contributed by atoms with Gasteiger partial charge in [0.1, 0.15) is 30.2 Å².